The van der Waals surface area contributed by atoms with E-state index < -0.39 is 83.1 Å². The number of aliphatic hydroxyl groups is 2. The number of hydrogen-bond acceptors (Lipinski definition) is 20. The third-order valence-corrected chi connectivity index (χ3v) is 49.4. The molecule has 10 heterocycles. The van der Waals surface area contributed by atoms with Gasteiger partial charge >= 0.3 is 0 Å². The van der Waals surface area contributed by atoms with Gasteiger partial charge < -0.3 is 71.2 Å². The SMILES string of the molecule is C=C1C[C@H](CCC=O)OC1CC[C@H]1C[C@@H](C)C(=C)C(C[C@@H]2O[C@H](C[C@H](C)CC)[C@H](C)[C@H]2C(C(=O)C[C@H]2CC[C@@H]3O[C@@H]([C@H](/C=C/I)O[Si](C)(C)C(C)(C)C)[C@@H](C)C(C)[C@H]3O2)S(=O)(=O)c2ccccc2)O1.C=C1C[C@H](CCCO)OC1CC[C@H]1C[C@@H](C)C(=C)C(C[C@@H]2O[C@H](C[C@H](C)CC)[C@H](C)[C@H]2C(C(O)CC2CC[C@@H]3O[C@@H]([C@H](/C=C/I)O[Si](C)(C)C(C)(C)C)[C@@H](C)[C@@H](C)[C@H]3O2)S(=O)(=O)c2ccccc2)O1. The van der Waals surface area contributed by atoms with E-state index >= 15 is 21.6 Å². The number of sulfone groups is 2. The molecule has 0 saturated carbocycles. The second kappa shape index (κ2) is 50.6. The topological polar surface area (TPSA) is 254 Å². The average Bonchev–Trinajstić information content (AvgIpc) is 1.46. The van der Waals surface area contributed by atoms with Crippen molar-refractivity contribution in [3.8, 4) is 0 Å². The molecule has 0 bridgehead atoms. The molecule has 0 radical (unpaired) electrons. The molecular weight excluding hydrogens is 2040 g/mol. The van der Waals surface area contributed by atoms with E-state index in [4.69, 9.17) is 56.2 Å². The molecule has 12 rings (SSSR count). The van der Waals surface area contributed by atoms with Gasteiger partial charge in [-0.15, -0.1) is 0 Å². The van der Waals surface area contributed by atoms with Crippen molar-refractivity contribution < 1.29 is 92.9 Å². The maximum Gasteiger partial charge on any atom is 0.193 e. The predicted octanol–water partition coefficient (Wildman–Crippen LogP) is 24.4. The average molecular weight is 2220 g/mol. The number of carbonyl (C=O) groups is 2. The molecular formula is C112H178I2O20S2Si2. The Morgan fingerprint density at radius 3 is 1.34 bits per heavy atom. The Balaban J connectivity index is 0.000000265. The molecule has 0 aromatic heterocycles. The van der Waals surface area contributed by atoms with E-state index in [9.17, 15) is 15.0 Å². The lowest BCUT2D eigenvalue weighted by Gasteiger charge is -2.51. The number of halogens is 2. The summed E-state index contributed by atoms with van der Waals surface area (Å²) in [6.07, 6.45) is 16.0. The summed E-state index contributed by atoms with van der Waals surface area (Å²) in [5, 5.41) is 19.8. The number of hydrogen-bond donors (Lipinski definition) is 2. The van der Waals surface area contributed by atoms with Crippen molar-refractivity contribution in [1.82, 2.24) is 0 Å². The zero-order valence-corrected chi connectivity index (χ0v) is 95.8. The minimum absolute atomic E-state index is 0.0125. The van der Waals surface area contributed by atoms with Crippen LogP contribution in [0.4, 0.5) is 0 Å². The summed E-state index contributed by atoms with van der Waals surface area (Å²) in [7, 11) is -12.5. The minimum Gasteiger partial charge on any atom is -0.408 e. The highest BCUT2D eigenvalue weighted by Crippen LogP contribution is 2.53. The van der Waals surface area contributed by atoms with Crippen molar-refractivity contribution in [1.29, 1.82) is 0 Å². The van der Waals surface area contributed by atoms with Gasteiger partial charge in [-0.1, -0.05) is 245 Å². The lowest BCUT2D eigenvalue weighted by atomic mass is 9.76. The van der Waals surface area contributed by atoms with Crippen molar-refractivity contribution in [2.75, 3.05) is 6.61 Å². The van der Waals surface area contributed by atoms with Gasteiger partial charge in [-0.3, -0.25) is 4.79 Å². The van der Waals surface area contributed by atoms with Crippen LogP contribution in [0.25, 0.3) is 0 Å². The van der Waals surface area contributed by atoms with Gasteiger partial charge in [0.25, 0.3) is 0 Å². The number of ketones is 1. The van der Waals surface area contributed by atoms with Crippen LogP contribution in [0, 0.1) is 71.0 Å². The van der Waals surface area contributed by atoms with Crippen molar-refractivity contribution >= 4 is 93.6 Å². The van der Waals surface area contributed by atoms with E-state index in [-0.39, 0.29) is 208 Å². The van der Waals surface area contributed by atoms with Gasteiger partial charge in [0, 0.05) is 50.5 Å². The first kappa shape index (κ1) is 116. The fraction of sp³-hybridized carbons (Fsp3) is 0.768. The number of aldehydes is 1. The Hall–Kier alpha value is -2.55. The molecule has 37 atom stereocenters. The lowest BCUT2D eigenvalue weighted by Crippen LogP contribution is -2.58. The zero-order chi connectivity index (χ0) is 101. The third-order valence-electron chi connectivity index (χ3n) is 35.2. The van der Waals surface area contributed by atoms with Crippen LogP contribution in [0.2, 0.25) is 36.3 Å². The second-order valence-electron chi connectivity index (χ2n) is 46.9. The molecule has 138 heavy (non-hydrogen) atoms. The normalized spacial score (nSPS) is 36.3. The second-order valence-corrected chi connectivity index (χ2v) is 62.0. The van der Waals surface area contributed by atoms with Gasteiger partial charge in [-0.05, 0) is 271 Å². The van der Waals surface area contributed by atoms with Gasteiger partial charge in [0.05, 0.1) is 155 Å². The maximum absolute atomic E-state index is 15.4. The van der Waals surface area contributed by atoms with E-state index in [0.717, 1.165) is 125 Å². The fourth-order valence-electron chi connectivity index (χ4n) is 23.6. The summed E-state index contributed by atoms with van der Waals surface area (Å²) in [6.45, 7) is 67.0. The first-order valence-corrected chi connectivity index (χ1v) is 64.4. The number of carbonyl (C=O) groups excluding carboxylic acids is 2. The Morgan fingerprint density at radius 2 is 0.913 bits per heavy atom. The third kappa shape index (κ3) is 28.3. The summed E-state index contributed by atoms with van der Waals surface area (Å²) < 4.78 is 148. The molecule has 10 aliphatic rings. The molecule has 10 fully saturated rings. The number of ether oxygens (including phenoxy) is 10. The standard InChI is InChI=1S/C56H91IO10SSi.C56H87IO10SSi/c2*1-14-34(2)29-49-40(8)52(51(65-49)33-50-37(5)35(3)30-42(63-50)22-24-46-36(4)31-41(62-46)19-18-28-58)55(68(60,61)44-20-16-15-17-21-44)45(59)32-43-23-25-47-53(64-43)38(6)39(7)54(66-47)48(26-27-57)67-69(12,13)56(9,10)11/h15-17,20-21,26-27,34-35,38-43,45-55,58-59H,4-5,14,18-19,22-25,28-33H2,1-3,6-13H3;15-17,20-21,26-28,34-35,38-43,46-55H,4-5,14,18-19,22-25,29-33H2,1-3,6-13H3/b2*27-26+/t34-,35-,38-,39+,40+,41+,42+,43?,45?,46?,47+,48+,49-,50?,51+,52-,53-,54-,55?;34-,35-,38?,39+,40+,41+,42+,43-,46?,47+,48+,49-,50?,51+,52-,53-,54-,55?/m11/s1. The molecule has 9 unspecified atom stereocenters. The van der Waals surface area contributed by atoms with Crippen LogP contribution in [0.5, 0.6) is 0 Å². The first-order valence-electron chi connectivity index (χ1n) is 53.0. The highest BCUT2D eigenvalue weighted by atomic mass is 127. The van der Waals surface area contributed by atoms with E-state index in [1.807, 2.05) is 14.2 Å². The largest absolute Gasteiger partial charge is 0.408 e. The molecule has 780 valence electrons. The Labute approximate surface area is 862 Å². The van der Waals surface area contributed by atoms with Gasteiger partial charge in [-0.25, -0.2) is 16.8 Å². The zero-order valence-electron chi connectivity index (χ0n) is 87.8. The van der Waals surface area contributed by atoms with Crippen LogP contribution in [-0.2, 0) is 85.5 Å². The number of benzene rings is 2. The van der Waals surface area contributed by atoms with Crippen LogP contribution >= 0.6 is 45.2 Å². The molecule has 0 aliphatic carbocycles. The summed E-state index contributed by atoms with van der Waals surface area (Å²) in [5.74, 6) is -0.234. The number of Topliss-reactive ketones (excluding diaryl/α,β-unsaturated/α-hetero) is 1. The molecule has 10 saturated heterocycles. The van der Waals surface area contributed by atoms with Crippen molar-refractivity contribution in [3.05, 3.63) is 130 Å². The van der Waals surface area contributed by atoms with Gasteiger partial charge in [0.2, 0.25) is 0 Å². The first-order chi connectivity index (χ1) is 65.0. The Bertz CT molecular complexity index is 4560. The van der Waals surface area contributed by atoms with E-state index in [2.05, 4.69) is 234 Å². The molecule has 26 heteroatoms. The molecule has 2 aromatic carbocycles. The summed E-state index contributed by atoms with van der Waals surface area (Å²) in [5.41, 5.74) is 4.16. The summed E-state index contributed by atoms with van der Waals surface area (Å²) in [4.78, 5) is 26.7. The molecule has 10 aliphatic heterocycles. The minimum atomic E-state index is -4.19. The van der Waals surface area contributed by atoms with Crippen molar-refractivity contribution in [2.45, 2.75) is 476 Å². The number of rotatable bonds is 42. The molecule has 2 aromatic rings. The van der Waals surface area contributed by atoms with Crippen molar-refractivity contribution in [2.24, 2.45) is 71.0 Å². The highest BCUT2D eigenvalue weighted by molar-refractivity contribution is 14.1. The summed E-state index contributed by atoms with van der Waals surface area (Å²) in [6, 6.07) is 17.2. The maximum atomic E-state index is 15.4. The molecule has 0 amide bonds. The van der Waals surface area contributed by atoms with Crippen LogP contribution in [0.3, 0.4) is 0 Å². The van der Waals surface area contributed by atoms with Crippen LogP contribution < -0.4 is 0 Å². The molecule has 2 N–H and O–H groups in total. The van der Waals surface area contributed by atoms with Gasteiger partial charge in [0.1, 0.15) is 11.5 Å². The van der Waals surface area contributed by atoms with E-state index in [1.165, 1.54) is 0 Å². The van der Waals surface area contributed by atoms with Gasteiger partial charge in [-0.2, -0.15) is 0 Å². The smallest absolute Gasteiger partial charge is 0.193 e. The van der Waals surface area contributed by atoms with Crippen LogP contribution in [0.1, 0.15) is 279 Å². The summed E-state index contributed by atoms with van der Waals surface area (Å²) >= 11 is 4.55. The van der Waals surface area contributed by atoms with E-state index in [1.54, 1.807) is 54.6 Å². The quantitative estimate of drug-likeness (QED) is 0.0271. The number of aliphatic hydroxyl groups excluding tert-OH is 2. The Kier molecular flexibility index (Phi) is 42.5. The fourth-order valence-corrected chi connectivity index (χ4v) is 31.2. The molecule has 0 spiro atoms. The highest BCUT2D eigenvalue weighted by Gasteiger charge is 2.59. The Morgan fingerprint density at radius 1 is 0.500 bits per heavy atom. The van der Waals surface area contributed by atoms with Crippen LogP contribution in [0.15, 0.2) is 139 Å². The predicted molar refractivity (Wildman–Crippen MR) is 573 cm³/mol. The monoisotopic (exact) mass is 2220 g/mol. The molecule has 20 nitrogen and oxygen atoms in total. The lowest BCUT2D eigenvalue weighted by molar-refractivity contribution is -0.240. The van der Waals surface area contributed by atoms with E-state index in [0.29, 0.717) is 56.8 Å². The number of fused-ring (bicyclic) bond motifs is 2. The van der Waals surface area contributed by atoms with Crippen molar-refractivity contribution in [3.63, 3.8) is 0 Å². The van der Waals surface area contributed by atoms with Crippen LogP contribution in [-0.4, -0.2) is 213 Å². The van der Waals surface area contributed by atoms with Gasteiger partial charge in [0.15, 0.2) is 42.1 Å².